The Balaban J connectivity index is 1.52. The van der Waals surface area contributed by atoms with Gasteiger partial charge in [0.25, 0.3) is 11.5 Å². The minimum Gasteiger partial charge on any atom is -0.355 e. The summed E-state index contributed by atoms with van der Waals surface area (Å²) in [6.45, 7) is 3.90. The Bertz CT molecular complexity index is 1480. The highest BCUT2D eigenvalue weighted by Crippen LogP contribution is 2.35. The summed E-state index contributed by atoms with van der Waals surface area (Å²) in [7, 11) is 1.75. The molecule has 4 aromatic rings. The quantitative estimate of drug-likeness (QED) is 0.444. The average molecular weight is 477 g/mol. The van der Waals surface area contributed by atoms with Gasteiger partial charge in [0, 0.05) is 18.2 Å². The summed E-state index contributed by atoms with van der Waals surface area (Å²) in [6, 6.07) is 13.4. The maximum Gasteiger partial charge on any atom is 0.295 e. The third-order valence-electron chi connectivity index (χ3n) is 6.57. The second kappa shape index (κ2) is 8.65. The van der Waals surface area contributed by atoms with Crippen molar-refractivity contribution in [1.29, 1.82) is 0 Å². The lowest BCUT2D eigenvalue weighted by molar-refractivity contribution is 0.101. The number of nitrogens with zero attached hydrogens (tertiary/aromatic N) is 3. The van der Waals surface area contributed by atoms with Crippen LogP contribution in [0.5, 0.6) is 0 Å². The van der Waals surface area contributed by atoms with E-state index in [2.05, 4.69) is 35.6 Å². The van der Waals surface area contributed by atoms with Crippen LogP contribution >= 0.6 is 11.6 Å². The molecule has 1 N–H and O–H groups in total. The maximum atomic E-state index is 13.3. The summed E-state index contributed by atoms with van der Waals surface area (Å²) in [5.41, 5.74) is 5.42. The molecule has 2 aromatic carbocycles. The first-order chi connectivity index (χ1) is 16.4. The Kier molecular flexibility index (Phi) is 5.65. The second-order valence-electron chi connectivity index (χ2n) is 8.54. The Morgan fingerprint density at radius 3 is 2.76 bits per heavy atom. The third-order valence-corrected chi connectivity index (χ3v) is 6.89. The van der Waals surface area contributed by atoms with E-state index >= 15 is 0 Å². The fourth-order valence-electron chi connectivity index (χ4n) is 4.60. The van der Waals surface area contributed by atoms with Crippen LogP contribution in [0.1, 0.15) is 46.2 Å². The van der Waals surface area contributed by atoms with E-state index in [0.717, 1.165) is 30.4 Å². The Morgan fingerprint density at radius 2 is 2.00 bits per heavy atom. The van der Waals surface area contributed by atoms with Crippen molar-refractivity contribution in [2.45, 2.75) is 39.5 Å². The smallest absolute Gasteiger partial charge is 0.295 e. The summed E-state index contributed by atoms with van der Waals surface area (Å²) in [5, 5.41) is 7.34. The van der Waals surface area contributed by atoms with Gasteiger partial charge < -0.3 is 9.84 Å². The van der Waals surface area contributed by atoms with Gasteiger partial charge in [-0.25, -0.2) is 4.68 Å². The van der Waals surface area contributed by atoms with Crippen molar-refractivity contribution in [2.24, 2.45) is 7.05 Å². The summed E-state index contributed by atoms with van der Waals surface area (Å²) in [4.78, 5) is 26.5. The lowest BCUT2D eigenvalue weighted by Crippen LogP contribution is -2.23. The molecule has 7 nitrogen and oxygen atoms in total. The first-order valence-corrected chi connectivity index (χ1v) is 11.7. The predicted molar refractivity (Wildman–Crippen MR) is 132 cm³/mol. The normalized spacial score (nSPS) is 12.7. The van der Waals surface area contributed by atoms with Gasteiger partial charge in [-0.3, -0.25) is 14.3 Å². The van der Waals surface area contributed by atoms with Crippen LogP contribution in [-0.4, -0.2) is 20.4 Å². The molecule has 0 saturated heterocycles. The van der Waals surface area contributed by atoms with Crippen molar-refractivity contribution in [1.82, 2.24) is 14.5 Å². The van der Waals surface area contributed by atoms with Crippen LogP contribution in [0.25, 0.3) is 17.0 Å². The van der Waals surface area contributed by atoms with Crippen LogP contribution in [0, 0.1) is 6.92 Å². The molecule has 0 saturated carbocycles. The highest BCUT2D eigenvalue weighted by atomic mass is 35.5. The van der Waals surface area contributed by atoms with Crippen LogP contribution in [-0.2, 0) is 26.3 Å². The molecule has 1 aliphatic rings. The standard InChI is InChI=1S/C26H25ClN4O3/c1-4-16-12-13-18-17(14-16)8-7-9-19-23(29-34-24(18)19)25(32)28-22-15(2)30(3)31(26(22)33)21-11-6-5-10-20(21)27/h5-6,10-14H,4,7-9H2,1-3H3,(H,28,32). The molecule has 0 atom stereocenters. The first-order valence-electron chi connectivity index (χ1n) is 11.4. The van der Waals surface area contributed by atoms with Gasteiger partial charge in [0.05, 0.1) is 16.4 Å². The van der Waals surface area contributed by atoms with E-state index in [-0.39, 0.29) is 16.9 Å². The fraction of sp³-hybridized carbons (Fsp3) is 0.269. The molecular formula is C26H25ClN4O3. The van der Waals surface area contributed by atoms with Crippen molar-refractivity contribution >= 4 is 23.2 Å². The Hall–Kier alpha value is -3.58. The lowest BCUT2D eigenvalue weighted by atomic mass is 9.99. The summed E-state index contributed by atoms with van der Waals surface area (Å²) >= 11 is 6.32. The number of benzene rings is 2. The molecule has 0 bridgehead atoms. The zero-order valence-corrected chi connectivity index (χ0v) is 20.1. The van der Waals surface area contributed by atoms with Gasteiger partial charge in [-0.05, 0) is 55.9 Å². The van der Waals surface area contributed by atoms with E-state index in [1.807, 2.05) is 0 Å². The number of carbonyl (C=O) groups excluding carboxylic acids is 1. The number of anilines is 1. The Labute approximate surface area is 201 Å². The maximum absolute atomic E-state index is 13.3. The monoisotopic (exact) mass is 476 g/mol. The van der Waals surface area contributed by atoms with Crippen LogP contribution in [0.3, 0.4) is 0 Å². The molecule has 8 heteroatoms. The number of aryl methyl sites for hydroxylation is 2. The van der Waals surface area contributed by atoms with Crippen molar-refractivity contribution < 1.29 is 9.32 Å². The molecule has 5 rings (SSSR count). The summed E-state index contributed by atoms with van der Waals surface area (Å²) in [5.74, 6) is 0.175. The van der Waals surface area contributed by atoms with E-state index in [0.29, 0.717) is 28.6 Å². The topological polar surface area (TPSA) is 82.1 Å². The minimum atomic E-state index is -0.462. The number of halogens is 1. The van der Waals surface area contributed by atoms with E-state index in [1.165, 1.54) is 15.8 Å². The largest absolute Gasteiger partial charge is 0.355 e. The molecular weight excluding hydrogens is 452 g/mol. The number of carbonyl (C=O) groups is 1. The van der Waals surface area contributed by atoms with E-state index in [4.69, 9.17) is 16.1 Å². The SMILES string of the molecule is CCc1ccc2c(c1)CCCc1c(C(=O)Nc3c(C)n(C)n(-c4ccccc4Cl)c3=O)noc1-2. The van der Waals surface area contributed by atoms with Gasteiger partial charge in [0.1, 0.15) is 5.69 Å². The zero-order chi connectivity index (χ0) is 24.0. The van der Waals surface area contributed by atoms with Gasteiger partial charge in [-0.1, -0.05) is 54.0 Å². The highest BCUT2D eigenvalue weighted by molar-refractivity contribution is 6.32. The third kappa shape index (κ3) is 3.56. The molecule has 0 fully saturated rings. The molecule has 2 aromatic heterocycles. The molecule has 2 heterocycles. The van der Waals surface area contributed by atoms with Gasteiger partial charge in [-0.2, -0.15) is 0 Å². The Morgan fingerprint density at radius 1 is 1.21 bits per heavy atom. The zero-order valence-electron chi connectivity index (χ0n) is 19.3. The number of para-hydroxylation sites is 1. The molecule has 1 amide bonds. The van der Waals surface area contributed by atoms with E-state index in [1.54, 1.807) is 42.9 Å². The van der Waals surface area contributed by atoms with Gasteiger partial charge in [0.2, 0.25) is 0 Å². The van der Waals surface area contributed by atoms with Gasteiger partial charge in [0.15, 0.2) is 11.5 Å². The molecule has 1 aliphatic carbocycles. The molecule has 34 heavy (non-hydrogen) atoms. The number of aromatic nitrogens is 3. The number of amides is 1. The van der Waals surface area contributed by atoms with E-state index in [9.17, 15) is 9.59 Å². The number of hydrogen-bond donors (Lipinski definition) is 1. The number of nitrogens with one attached hydrogen (secondary N) is 1. The van der Waals surface area contributed by atoms with Crippen molar-refractivity contribution in [3.63, 3.8) is 0 Å². The lowest BCUT2D eigenvalue weighted by Gasteiger charge is -2.09. The van der Waals surface area contributed by atoms with Crippen LogP contribution in [0.15, 0.2) is 51.8 Å². The van der Waals surface area contributed by atoms with Crippen LogP contribution < -0.4 is 10.9 Å². The molecule has 0 aliphatic heterocycles. The second-order valence-corrected chi connectivity index (χ2v) is 8.95. The summed E-state index contributed by atoms with van der Waals surface area (Å²) in [6.07, 6.45) is 3.44. The molecule has 0 unspecified atom stereocenters. The molecule has 0 radical (unpaired) electrons. The van der Waals surface area contributed by atoms with Crippen LogP contribution in [0.4, 0.5) is 5.69 Å². The molecule has 174 valence electrons. The van der Waals surface area contributed by atoms with Crippen molar-refractivity contribution in [3.8, 4) is 17.0 Å². The molecule has 0 spiro atoms. The highest BCUT2D eigenvalue weighted by Gasteiger charge is 2.28. The number of fused-ring (bicyclic) bond motifs is 3. The predicted octanol–water partition coefficient (Wildman–Crippen LogP) is 5.10. The minimum absolute atomic E-state index is 0.186. The first kappa shape index (κ1) is 22.2. The van der Waals surface area contributed by atoms with Crippen molar-refractivity contribution in [2.75, 3.05) is 5.32 Å². The van der Waals surface area contributed by atoms with Crippen molar-refractivity contribution in [3.05, 3.63) is 85.9 Å². The van der Waals surface area contributed by atoms with Gasteiger partial charge >= 0.3 is 0 Å². The van der Waals surface area contributed by atoms with Gasteiger partial charge in [-0.15, -0.1) is 0 Å². The number of rotatable bonds is 4. The average Bonchev–Trinajstić information content (AvgIpc) is 3.27. The fourth-order valence-corrected chi connectivity index (χ4v) is 4.82. The summed E-state index contributed by atoms with van der Waals surface area (Å²) < 4.78 is 8.80. The van der Waals surface area contributed by atoms with E-state index < -0.39 is 5.91 Å². The number of hydrogen-bond acceptors (Lipinski definition) is 4. The van der Waals surface area contributed by atoms with Crippen LogP contribution in [0.2, 0.25) is 5.02 Å².